The number of pyridine rings is 1. The number of carbonyl (C=O) groups is 1. The number of benzene rings is 1. The summed E-state index contributed by atoms with van der Waals surface area (Å²) in [5, 5.41) is 0.0773. The number of hydrogen-bond acceptors (Lipinski definition) is 7. The Morgan fingerprint density at radius 2 is 1.93 bits per heavy atom. The van der Waals surface area contributed by atoms with Crippen LogP contribution in [0.25, 0.3) is 0 Å². The minimum atomic E-state index is -3.86. The summed E-state index contributed by atoms with van der Waals surface area (Å²) in [4.78, 5) is 16.0. The van der Waals surface area contributed by atoms with Crippen LogP contribution in [0.1, 0.15) is 23.2 Å². The molecule has 8 nitrogen and oxygen atoms in total. The number of rotatable bonds is 6. The Morgan fingerprint density at radius 1 is 1.23 bits per heavy atom. The molecule has 30 heavy (non-hydrogen) atoms. The van der Waals surface area contributed by atoms with Crippen molar-refractivity contribution in [3.63, 3.8) is 0 Å². The number of carbonyl (C=O) groups excluding carboxylic acids is 1. The van der Waals surface area contributed by atoms with Gasteiger partial charge in [-0.15, -0.1) is 0 Å². The molecule has 0 saturated carbocycles. The highest BCUT2D eigenvalue weighted by Crippen LogP contribution is 2.34. The average Bonchev–Trinajstić information content (AvgIpc) is 2.66. The molecule has 2 heterocycles. The molecule has 3 rings (SSSR count). The molecule has 0 radical (unpaired) electrons. The second-order valence-electron chi connectivity index (χ2n) is 6.46. The molecule has 0 unspecified atom stereocenters. The molecule has 1 N–H and O–H groups in total. The number of ether oxygens (including phenoxy) is 3. The van der Waals surface area contributed by atoms with Crippen LogP contribution in [-0.4, -0.2) is 44.9 Å². The van der Waals surface area contributed by atoms with Gasteiger partial charge >= 0.3 is 0 Å². The zero-order valence-corrected chi connectivity index (χ0v) is 18.0. The van der Waals surface area contributed by atoms with Crippen molar-refractivity contribution in [1.29, 1.82) is 0 Å². The minimum absolute atomic E-state index is 0.0512. The van der Waals surface area contributed by atoms with Crippen molar-refractivity contribution < 1.29 is 31.8 Å². The van der Waals surface area contributed by atoms with Gasteiger partial charge in [0.1, 0.15) is 28.4 Å². The minimum Gasteiger partial charge on any atom is -0.473 e. The molecule has 12 heteroatoms. The van der Waals surface area contributed by atoms with Gasteiger partial charge in [-0.05, 0) is 6.07 Å². The van der Waals surface area contributed by atoms with Gasteiger partial charge in [0, 0.05) is 25.0 Å². The molecule has 0 bridgehead atoms. The van der Waals surface area contributed by atoms with Crippen LogP contribution in [0.4, 0.5) is 4.39 Å². The van der Waals surface area contributed by atoms with Crippen molar-refractivity contribution in [2.45, 2.75) is 18.9 Å². The third-order valence-corrected chi connectivity index (χ3v) is 5.12. The first kappa shape index (κ1) is 22.5. The van der Waals surface area contributed by atoms with Gasteiger partial charge in [0.25, 0.3) is 5.91 Å². The zero-order chi connectivity index (χ0) is 21.9. The number of halogens is 3. The molecule has 1 aromatic heterocycles. The Morgan fingerprint density at radius 3 is 2.57 bits per heavy atom. The molecule has 0 atom stereocenters. The van der Waals surface area contributed by atoms with E-state index in [2.05, 4.69) is 4.98 Å². The molecular formula is C18H17Cl2FN2O6S. The maximum atomic E-state index is 14.3. The van der Waals surface area contributed by atoms with Gasteiger partial charge in [0.15, 0.2) is 0 Å². The first-order valence-corrected chi connectivity index (χ1v) is 11.4. The molecule has 1 amide bonds. The number of hydrogen-bond donors (Lipinski definition) is 1. The highest BCUT2D eigenvalue weighted by molar-refractivity contribution is 7.89. The highest BCUT2D eigenvalue weighted by Gasteiger charge is 2.20. The predicted molar refractivity (Wildman–Crippen MR) is 108 cm³/mol. The summed E-state index contributed by atoms with van der Waals surface area (Å²) in [7, 11) is -3.86. The number of amides is 1. The summed E-state index contributed by atoms with van der Waals surface area (Å²) in [5.74, 6) is -1.88. The van der Waals surface area contributed by atoms with Crippen LogP contribution >= 0.6 is 23.2 Å². The van der Waals surface area contributed by atoms with Crippen LogP contribution in [0.3, 0.4) is 0 Å². The van der Waals surface area contributed by atoms with Crippen LogP contribution in [-0.2, 0) is 14.8 Å². The third-order valence-electron chi connectivity index (χ3n) is 4.00. The normalized spacial score (nSPS) is 14.9. The number of nitrogens with zero attached hydrogens (tertiary/aromatic N) is 1. The van der Waals surface area contributed by atoms with E-state index in [4.69, 9.17) is 37.4 Å². The van der Waals surface area contributed by atoms with Gasteiger partial charge in [-0.2, -0.15) is 0 Å². The van der Waals surface area contributed by atoms with Crippen molar-refractivity contribution in [2.75, 3.05) is 19.5 Å². The van der Waals surface area contributed by atoms with Crippen molar-refractivity contribution in [3.05, 3.63) is 45.8 Å². The molecule has 162 valence electrons. The van der Waals surface area contributed by atoms with Crippen LogP contribution < -0.4 is 14.2 Å². The lowest BCUT2D eigenvalue weighted by molar-refractivity contribution is 0.0237. The van der Waals surface area contributed by atoms with Crippen LogP contribution in [0.5, 0.6) is 17.4 Å². The van der Waals surface area contributed by atoms with E-state index in [0.717, 1.165) is 31.2 Å². The van der Waals surface area contributed by atoms with Gasteiger partial charge in [-0.1, -0.05) is 23.2 Å². The number of aromatic nitrogens is 1. The molecule has 1 aliphatic rings. The first-order valence-electron chi connectivity index (χ1n) is 8.71. The molecule has 0 aliphatic carbocycles. The predicted octanol–water partition coefficient (Wildman–Crippen LogP) is 3.57. The summed E-state index contributed by atoms with van der Waals surface area (Å²) in [5.41, 5.74) is -0.547. The summed E-state index contributed by atoms with van der Waals surface area (Å²) in [6, 6.07) is 3.26. The van der Waals surface area contributed by atoms with E-state index in [1.165, 1.54) is 12.3 Å². The Balaban J connectivity index is 1.75. The first-order chi connectivity index (χ1) is 14.1. The fraction of sp³-hybridized carbons (Fsp3) is 0.333. The fourth-order valence-electron chi connectivity index (χ4n) is 2.63. The van der Waals surface area contributed by atoms with Crippen LogP contribution in [0.2, 0.25) is 10.0 Å². The fourth-order valence-corrected chi connectivity index (χ4v) is 3.48. The largest absolute Gasteiger partial charge is 0.473 e. The summed E-state index contributed by atoms with van der Waals surface area (Å²) in [6.45, 7) is 1.21. The lowest BCUT2D eigenvalue weighted by Crippen LogP contribution is -2.30. The van der Waals surface area contributed by atoms with E-state index in [9.17, 15) is 17.6 Å². The molecule has 1 saturated heterocycles. The molecule has 2 aromatic rings. The molecule has 0 spiro atoms. The van der Waals surface area contributed by atoms with Crippen LogP contribution in [0, 0.1) is 5.82 Å². The second-order valence-corrected chi connectivity index (χ2v) is 9.02. The van der Waals surface area contributed by atoms with Gasteiger partial charge in [0.05, 0.1) is 36.3 Å². The maximum Gasteiger partial charge on any atom is 0.267 e. The quantitative estimate of drug-likeness (QED) is 0.676. The Hall–Kier alpha value is -2.14. The number of nitrogens with one attached hydrogen (secondary N) is 1. The molecule has 1 aliphatic heterocycles. The summed E-state index contributed by atoms with van der Waals surface area (Å²) >= 11 is 12.3. The molecule has 1 fully saturated rings. The van der Waals surface area contributed by atoms with Crippen molar-refractivity contribution >= 4 is 39.1 Å². The smallest absolute Gasteiger partial charge is 0.267 e. The lowest BCUT2D eigenvalue weighted by atomic mass is 10.1. The lowest BCUT2D eigenvalue weighted by Gasteiger charge is -2.23. The zero-order valence-electron chi connectivity index (χ0n) is 15.7. The van der Waals surface area contributed by atoms with Crippen LogP contribution in [0.15, 0.2) is 24.4 Å². The Bertz CT molecular complexity index is 1060. The van der Waals surface area contributed by atoms with Gasteiger partial charge in [-0.25, -0.2) is 22.5 Å². The Labute approximate surface area is 182 Å². The summed E-state index contributed by atoms with van der Waals surface area (Å²) < 4.78 is 54.8. The molecular weight excluding hydrogens is 462 g/mol. The maximum absolute atomic E-state index is 14.3. The van der Waals surface area contributed by atoms with Crippen molar-refractivity contribution in [3.8, 4) is 17.4 Å². The van der Waals surface area contributed by atoms with E-state index in [1.54, 1.807) is 4.72 Å². The topological polar surface area (TPSA) is 104 Å². The van der Waals surface area contributed by atoms with E-state index >= 15 is 0 Å². The molecule has 1 aromatic carbocycles. The van der Waals surface area contributed by atoms with Crippen molar-refractivity contribution in [1.82, 2.24) is 9.71 Å². The average molecular weight is 479 g/mol. The number of sulfonamides is 1. The SMILES string of the molecule is CS(=O)(=O)NC(=O)c1cc(Cl)c(Oc2cnc(OC3CCOCC3)c(Cl)c2)cc1F. The van der Waals surface area contributed by atoms with E-state index in [0.29, 0.717) is 13.2 Å². The van der Waals surface area contributed by atoms with E-state index in [-0.39, 0.29) is 33.5 Å². The van der Waals surface area contributed by atoms with Crippen molar-refractivity contribution in [2.24, 2.45) is 0 Å². The van der Waals surface area contributed by atoms with Gasteiger partial charge in [-0.3, -0.25) is 4.79 Å². The van der Waals surface area contributed by atoms with Gasteiger partial charge in [0.2, 0.25) is 15.9 Å². The monoisotopic (exact) mass is 478 g/mol. The van der Waals surface area contributed by atoms with E-state index in [1.807, 2.05) is 0 Å². The highest BCUT2D eigenvalue weighted by atomic mass is 35.5. The summed E-state index contributed by atoms with van der Waals surface area (Å²) in [6.07, 6.45) is 3.51. The standard InChI is InChI=1S/C18H17Cl2FN2O6S/c1-30(25,26)23-17(24)12-7-13(19)16(8-15(12)21)28-11-6-14(20)18(22-9-11)29-10-2-4-27-5-3-10/h6-10H,2-5H2,1H3,(H,23,24). The van der Waals surface area contributed by atoms with Gasteiger partial charge < -0.3 is 14.2 Å². The van der Waals surface area contributed by atoms with E-state index < -0.39 is 27.3 Å². The Kier molecular flexibility index (Phi) is 7.02. The second kappa shape index (κ2) is 9.34. The third kappa shape index (κ3) is 5.94.